The van der Waals surface area contributed by atoms with Crippen molar-refractivity contribution >= 4 is 44.8 Å². The van der Waals surface area contributed by atoms with E-state index in [1.807, 2.05) is 48.8 Å². The Bertz CT molecular complexity index is 1570. The van der Waals surface area contributed by atoms with Gasteiger partial charge < -0.3 is 23.7 Å². The van der Waals surface area contributed by atoms with E-state index in [1.165, 1.54) is 0 Å². The third-order valence-corrected chi connectivity index (χ3v) is 7.36. The number of methoxy groups -OCH3 is 1. The van der Waals surface area contributed by atoms with E-state index in [0.29, 0.717) is 16.9 Å². The maximum atomic E-state index is 13.4. The summed E-state index contributed by atoms with van der Waals surface area (Å²) in [5.41, 5.74) is 4.44. The molecule has 5 rings (SSSR count). The smallest absolute Gasteiger partial charge is 0.259 e. The van der Waals surface area contributed by atoms with Crippen LogP contribution in [-0.2, 0) is 22.7 Å². The molecule has 0 atom stereocenters. The number of hydrogen-bond donors (Lipinski definition) is 1. The first-order chi connectivity index (χ1) is 18.8. The highest BCUT2D eigenvalue weighted by Crippen LogP contribution is 2.40. The number of rotatable bonds is 11. The van der Waals surface area contributed by atoms with Crippen LogP contribution in [-0.4, -0.2) is 79.1 Å². The molecule has 1 aliphatic heterocycles. The second-order valence-corrected chi connectivity index (χ2v) is 10.7. The molecule has 39 heavy (non-hydrogen) atoms. The predicted octanol–water partition coefficient (Wildman–Crippen LogP) is 4.08. The van der Waals surface area contributed by atoms with Gasteiger partial charge in [-0.1, -0.05) is 18.2 Å². The molecular weight excluding hydrogens is 490 g/mol. The fourth-order valence-electron chi connectivity index (χ4n) is 5.50. The number of ether oxygens (including phenoxy) is 1. The Labute approximate surface area is 229 Å². The Morgan fingerprint density at radius 3 is 1.85 bits per heavy atom. The number of para-hydroxylation sites is 1. The molecule has 4 aromatic rings. The summed E-state index contributed by atoms with van der Waals surface area (Å²) in [5, 5.41) is 4.45. The quantitative estimate of drug-likeness (QED) is 0.298. The third kappa shape index (κ3) is 5.22. The number of aromatic nitrogens is 2. The van der Waals surface area contributed by atoms with E-state index >= 15 is 0 Å². The molecule has 0 bridgehead atoms. The van der Waals surface area contributed by atoms with Crippen molar-refractivity contribution in [3.63, 3.8) is 0 Å². The fourth-order valence-corrected chi connectivity index (χ4v) is 5.50. The number of nitrogens with one attached hydrogen (secondary N) is 1. The highest BCUT2D eigenvalue weighted by molar-refractivity contribution is 6.50. The Morgan fingerprint density at radius 1 is 0.744 bits per heavy atom. The lowest BCUT2D eigenvalue weighted by atomic mass is 9.95. The number of fused-ring (bicyclic) bond motifs is 2. The molecule has 0 saturated heterocycles. The van der Waals surface area contributed by atoms with E-state index in [1.54, 1.807) is 7.11 Å². The Morgan fingerprint density at radius 2 is 1.28 bits per heavy atom. The molecule has 0 saturated carbocycles. The van der Waals surface area contributed by atoms with Gasteiger partial charge >= 0.3 is 0 Å². The normalized spacial score (nSPS) is 14.0. The zero-order valence-electron chi connectivity index (χ0n) is 23.5. The molecule has 204 valence electrons. The molecule has 3 heterocycles. The van der Waals surface area contributed by atoms with Crippen LogP contribution in [0.2, 0.25) is 0 Å². The molecule has 0 spiro atoms. The summed E-state index contributed by atoms with van der Waals surface area (Å²) < 4.78 is 9.91. The van der Waals surface area contributed by atoms with Gasteiger partial charge in [0, 0.05) is 58.4 Å². The Hall–Kier alpha value is -3.88. The minimum absolute atomic E-state index is 0.359. The molecule has 8 heteroatoms. The first kappa shape index (κ1) is 26.7. The first-order valence-corrected chi connectivity index (χ1v) is 13.4. The molecule has 2 aromatic carbocycles. The number of hydrogen-bond acceptors (Lipinski definition) is 5. The van der Waals surface area contributed by atoms with Crippen LogP contribution in [0.5, 0.6) is 5.75 Å². The molecule has 0 aliphatic carbocycles. The monoisotopic (exact) mass is 527 g/mol. The number of carbonyl (C=O) groups is 2. The van der Waals surface area contributed by atoms with Gasteiger partial charge in [0.1, 0.15) is 5.75 Å². The average molecular weight is 528 g/mol. The minimum atomic E-state index is -0.366. The van der Waals surface area contributed by atoms with Crippen molar-refractivity contribution in [2.24, 2.45) is 0 Å². The van der Waals surface area contributed by atoms with Crippen LogP contribution >= 0.6 is 0 Å². The summed E-state index contributed by atoms with van der Waals surface area (Å²) in [4.78, 5) is 31.1. The summed E-state index contributed by atoms with van der Waals surface area (Å²) in [6.45, 7) is 3.53. The average Bonchev–Trinajstić information content (AvgIpc) is 3.53. The Kier molecular flexibility index (Phi) is 7.59. The Balaban J connectivity index is 1.68. The van der Waals surface area contributed by atoms with Gasteiger partial charge in [-0.3, -0.25) is 14.9 Å². The lowest BCUT2D eigenvalue weighted by molar-refractivity contribution is -0.122. The van der Waals surface area contributed by atoms with Crippen molar-refractivity contribution in [2.45, 2.75) is 25.9 Å². The van der Waals surface area contributed by atoms with E-state index in [2.05, 4.69) is 58.5 Å². The molecular formula is C31H37N5O3. The van der Waals surface area contributed by atoms with Crippen LogP contribution in [0, 0.1) is 0 Å². The lowest BCUT2D eigenvalue weighted by Crippen LogP contribution is -2.22. The maximum Gasteiger partial charge on any atom is 0.259 e. The molecule has 2 amide bonds. The van der Waals surface area contributed by atoms with Gasteiger partial charge in [-0.15, -0.1) is 0 Å². The second kappa shape index (κ2) is 11.1. The summed E-state index contributed by atoms with van der Waals surface area (Å²) in [5.74, 6) is -0.0173. The first-order valence-electron chi connectivity index (χ1n) is 13.4. The van der Waals surface area contributed by atoms with Crippen molar-refractivity contribution in [3.8, 4) is 5.75 Å². The van der Waals surface area contributed by atoms with Crippen molar-refractivity contribution in [1.82, 2.24) is 24.3 Å². The van der Waals surface area contributed by atoms with Crippen LogP contribution in [0.3, 0.4) is 0 Å². The molecule has 0 fully saturated rings. The number of nitrogens with zero attached hydrogens (tertiary/aromatic N) is 4. The lowest BCUT2D eigenvalue weighted by Gasteiger charge is -2.10. The number of benzene rings is 2. The number of aryl methyl sites for hydroxylation is 2. The summed E-state index contributed by atoms with van der Waals surface area (Å²) in [6, 6.07) is 14.0. The zero-order chi connectivity index (χ0) is 27.7. The maximum absolute atomic E-state index is 13.4. The summed E-state index contributed by atoms with van der Waals surface area (Å²) in [7, 11) is 9.89. The molecule has 1 N–H and O–H groups in total. The number of imide groups is 1. The van der Waals surface area contributed by atoms with Gasteiger partial charge in [-0.05, 0) is 78.4 Å². The van der Waals surface area contributed by atoms with Crippen LogP contribution in [0.25, 0.3) is 33.0 Å². The highest BCUT2D eigenvalue weighted by Gasteiger charge is 2.35. The van der Waals surface area contributed by atoms with E-state index in [-0.39, 0.29) is 11.8 Å². The van der Waals surface area contributed by atoms with E-state index < -0.39 is 0 Å². The van der Waals surface area contributed by atoms with Gasteiger partial charge in [-0.2, -0.15) is 0 Å². The van der Waals surface area contributed by atoms with E-state index in [9.17, 15) is 9.59 Å². The van der Waals surface area contributed by atoms with Gasteiger partial charge in [0.05, 0.1) is 18.3 Å². The van der Waals surface area contributed by atoms with Crippen LogP contribution < -0.4 is 10.1 Å². The topological polar surface area (TPSA) is 71.7 Å². The summed E-state index contributed by atoms with van der Waals surface area (Å²) >= 11 is 0. The van der Waals surface area contributed by atoms with Crippen molar-refractivity contribution in [2.75, 3.05) is 48.4 Å². The van der Waals surface area contributed by atoms with Gasteiger partial charge in [0.2, 0.25) is 0 Å². The van der Waals surface area contributed by atoms with E-state index in [4.69, 9.17) is 4.74 Å². The predicted molar refractivity (Wildman–Crippen MR) is 157 cm³/mol. The van der Waals surface area contributed by atoms with Crippen LogP contribution in [0.1, 0.15) is 24.0 Å². The van der Waals surface area contributed by atoms with Crippen molar-refractivity contribution < 1.29 is 14.3 Å². The molecule has 1 aliphatic rings. The largest absolute Gasteiger partial charge is 0.497 e. The van der Waals surface area contributed by atoms with Crippen molar-refractivity contribution in [1.29, 1.82) is 0 Å². The standard InChI is InChI=1S/C31H37N5O3/c1-33(2)14-8-16-35-19-24(22-10-6-7-11-26(22)35)28-29(31(38)32-30(28)37)25-20-36(17-9-15-34(3)4)27-13-12-21(39-5)18-23(25)27/h6-7,10-13,18-20H,8-9,14-17H2,1-5H3,(H,32,37,38). The number of carbonyl (C=O) groups excluding carboxylic acids is 2. The number of amides is 2. The van der Waals surface area contributed by atoms with Gasteiger partial charge in [0.25, 0.3) is 11.8 Å². The van der Waals surface area contributed by atoms with Crippen LogP contribution in [0.4, 0.5) is 0 Å². The van der Waals surface area contributed by atoms with Gasteiger partial charge in [0.15, 0.2) is 0 Å². The molecule has 0 unspecified atom stereocenters. The third-order valence-electron chi connectivity index (χ3n) is 7.36. The molecule has 8 nitrogen and oxygen atoms in total. The SMILES string of the molecule is COc1ccc2c(c1)c(C1=C(c3cn(CCCN(C)C)c4ccccc34)C(=O)NC1=O)cn2CCCN(C)C. The second-order valence-electron chi connectivity index (χ2n) is 10.7. The summed E-state index contributed by atoms with van der Waals surface area (Å²) in [6.07, 6.45) is 5.98. The molecule has 2 aromatic heterocycles. The molecule has 0 radical (unpaired) electrons. The van der Waals surface area contributed by atoms with E-state index in [0.717, 1.165) is 72.0 Å². The van der Waals surface area contributed by atoms with Crippen LogP contribution in [0.15, 0.2) is 54.9 Å². The minimum Gasteiger partial charge on any atom is -0.497 e. The zero-order valence-corrected chi connectivity index (χ0v) is 23.5. The van der Waals surface area contributed by atoms with Gasteiger partial charge in [-0.25, -0.2) is 0 Å². The van der Waals surface area contributed by atoms with Crippen molar-refractivity contribution in [3.05, 3.63) is 66.0 Å². The highest BCUT2D eigenvalue weighted by atomic mass is 16.5. The fraction of sp³-hybridized carbons (Fsp3) is 0.355.